The van der Waals surface area contributed by atoms with Crippen LogP contribution in [0.4, 0.5) is 5.69 Å². The number of carboxylic acids is 1. The molecule has 1 aliphatic heterocycles. The Labute approximate surface area is 168 Å². The molecule has 2 aromatic rings. The maximum absolute atomic E-state index is 12.8. The van der Waals surface area contributed by atoms with Gasteiger partial charge in [0.25, 0.3) is 5.91 Å². The van der Waals surface area contributed by atoms with Gasteiger partial charge in [0, 0.05) is 19.2 Å². The Bertz CT molecular complexity index is 1030. The van der Waals surface area contributed by atoms with E-state index in [9.17, 15) is 20.0 Å². The minimum atomic E-state index is -1.60. The van der Waals surface area contributed by atoms with Gasteiger partial charge in [-0.25, -0.2) is 10.2 Å². The summed E-state index contributed by atoms with van der Waals surface area (Å²) in [5.74, 6) is -1.53. The maximum atomic E-state index is 12.8. The summed E-state index contributed by atoms with van der Waals surface area (Å²) in [5, 5.41) is 23.7. The van der Waals surface area contributed by atoms with Gasteiger partial charge in [-0.15, -0.1) is 0 Å². The highest BCUT2D eigenvalue weighted by atomic mass is 16.4. The molecule has 0 bridgehead atoms. The molecule has 2 heterocycles. The number of hydrogen-bond acceptors (Lipinski definition) is 6. The maximum Gasteiger partial charge on any atom is 0.330 e. The molecule has 0 radical (unpaired) electrons. The molecule has 0 aliphatic carbocycles. The summed E-state index contributed by atoms with van der Waals surface area (Å²) >= 11 is 0. The number of aryl methyl sites for hydroxylation is 1. The third-order valence-corrected chi connectivity index (χ3v) is 4.81. The summed E-state index contributed by atoms with van der Waals surface area (Å²) in [6, 6.07) is 10.7. The largest absolute Gasteiger partial charge is 0.480 e. The van der Waals surface area contributed by atoms with Gasteiger partial charge in [0.1, 0.15) is 5.70 Å². The quantitative estimate of drug-likeness (QED) is 0.689. The lowest BCUT2D eigenvalue weighted by atomic mass is 9.87. The van der Waals surface area contributed by atoms with Crippen LogP contribution >= 0.6 is 0 Å². The summed E-state index contributed by atoms with van der Waals surface area (Å²) in [7, 11) is 0. The Morgan fingerprint density at radius 3 is 2.79 bits per heavy atom. The summed E-state index contributed by atoms with van der Waals surface area (Å²) in [4.78, 5) is 29.2. The molecule has 0 saturated heterocycles. The second kappa shape index (κ2) is 8.12. The number of anilines is 1. The first-order valence-electron chi connectivity index (χ1n) is 9.11. The van der Waals surface area contributed by atoms with Crippen molar-refractivity contribution in [3.8, 4) is 6.07 Å². The van der Waals surface area contributed by atoms with Crippen LogP contribution in [-0.4, -0.2) is 39.1 Å². The van der Waals surface area contributed by atoms with Crippen molar-refractivity contribution in [3.63, 3.8) is 0 Å². The van der Waals surface area contributed by atoms with Gasteiger partial charge in [0.15, 0.2) is 5.54 Å². The number of nitrogens with zero attached hydrogens (tertiary/aromatic N) is 3. The van der Waals surface area contributed by atoms with E-state index in [2.05, 4.69) is 21.8 Å². The minimum Gasteiger partial charge on any atom is -0.480 e. The lowest BCUT2D eigenvalue weighted by molar-refractivity contribution is -0.148. The molecule has 1 aliphatic rings. The Hall–Kier alpha value is -3.70. The third kappa shape index (κ3) is 3.95. The fraction of sp³-hybridized carbons (Fsp3) is 0.238. The number of aliphatic carboxylic acids is 1. The molecule has 1 aromatic heterocycles. The van der Waals surface area contributed by atoms with Gasteiger partial charge in [-0.2, -0.15) is 5.26 Å². The van der Waals surface area contributed by atoms with Gasteiger partial charge < -0.3 is 10.4 Å². The van der Waals surface area contributed by atoms with Crippen LogP contribution in [0.5, 0.6) is 0 Å². The molecule has 0 fully saturated rings. The number of pyridine rings is 1. The highest BCUT2D eigenvalue weighted by Gasteiger charge is 2.44. The van der Waals surface area contributed by atoms with E-state index in [-0.39, 0.29) is 24.6 Å². The number of aromatic nitrogens is 1. The predicted molar refractivity (Wildman–Crippen MR) is 106 cm³/mol. The summed E-state index contributed by atoms with van der Waals surface area (Å²) < 4.78 is 0. The van der Waals surface area contributed by atoms with Crippen molar-refractivity contribution in [1.29, 1.82) is 5.26 Å². The van der Waals surface area contributed by atoms with E-state index in [0.717, 1.165) is 5.56 Å². The minimum absolute atomic E-state index is 0.00690. The monoisotopic (exact) mass is 391 g/mol. The number of hydrogen-bond donors (Lipinski definition) is 3. The van der Waals surface area contributed by atoms with Gasteiger partial charge >= 0.3 is 5.97 Å². The second-order valence-electron chi connectivity index (χ2n) is 6.76. The first-order valence-corrected chi connectivity index (χ1v) is 9.11. The molecule has 0 spiro atoms. The number of nitrogens with one attached hydrogen (secondary N) is 2. The zero-order valence-corrected chi connectivity index (χ0v) is 16.1. The second-order valence-corrected chi connectivity index (χ2v) is 6.76. The average molecular weight is 391 g/mol. The van der Waals surface area contributed by atoms with Crippen molar-refractivity contribution >= 4 is 17.6 Å². The Morgan fingerprint density at radius 1 is 1.38 bits per heavy atom. The van der Waals surface area contributed by atoms with Crippen LogP contribution in [0.15, 0.2) is 54.5 Å². The number of likely N-dealkylation sites (N-methyl/N-ethyl adjacent to an activating group) is 1. The van der Waals surface area contributed by atoms with Gasteiger partial charge in [-0.1, -0.05) is 18.2 Å². The lowest BCUT2D eigenvalue weighted by Gasteiger charge is -2.39. The molecule has 3 N–H and O–H groups in total. The summed E-state index contributed by atoms with van der Waals surface area (Å²) in [6.07, 6.45) is 4.59. The first kappa shape index (κ1) is 20.0. The van der Waals surface area contributed by atoms with Crippen LogP contribution in [0, 0.1) is 18.3 Å². The van der Waals surface area contributed by atoms with E-state index in [1.807, 2.05) is 6.92 Å². The van der Waals surface area contributed by atoms with Gasteiger partial charge in [0.05, 0.1) is 23.5 Å². The highest BCUT2D eigenvalue weighted by molar-refractivity contribution is 6.00. The molecule has 1 atom stereocenters. The molecule has 3 rings (SSSR count). The number of nitriles is 1. The number of amides is 1. The standard InChI is InChI=1S/C21H21N5O3/c1-3-26-19(27)17(24-18-13-23-9-8-14(18)2)11-21(25-26,20(28)29)10-15-6-4-5-7-16(15)12-22/h4-9,11,13,24-25H,3,10H2,1-2H3,(H,28,29). The van der Waals surface area contributed by atoms with Crippen LogP contribution in [0.25, 0.3) is 0 Å². The summed E-state index contributed by atoms with van der Waals surface area (Å²) in [6.45, 7) is 3.87. The average Bonchev–Trinajstić information content (AvgIpc) is 2.72. The number of carboxylic acid groups (broad SMARTS) is 1. The molecule has 1 unspecified atom stereocenters. The Morgan fingerprint density at radius 2 is 2.14 bits per heavy atom. The molecule has 1 aromatic carbocycles. The zero-order valence-electron chi connectivity index (χ0n) is 16.1. The fourth-order valence-electron chi connectivity index (χ4n) is 3.19. The molecule has 148 valence electrons. The van der Waals surface area contributed by atoms with Crippen LogP contribution in [-0.2, 0) is 16.0 Å². The number of hydrazine groups is 1. The molecule has 8 nitrogen and oxygen atoms in total. The van der Waals surface area contributed by atoms with Gasteiger partial charge in [0.2, 0.25) is 0 Å². The van der Waals surface area contributed by atoms with Gasteiger partial charge in [-0.3, -0.25) is 14.8 Å². The van der Waals surface area contributed by atoms with E-state index in [0.29, 0.717) is 16.8 Å². The molecule has 8 heteroatoms. The van der Waals surface area contributed by atoms with Crippen LogP contribution in [0.1, 0.15) is 23.6 Å². The molecule has 29 heavy (non-hydrogen) atoms. The van der Waals surface area contributed by atoms with E-state index < -0.39 is 11.5 Å². The molecular formula is C21H21N5O3. The van der Waals surface area contributed by atoms with Crippen molar-refractivity contribution in [3.05, 3.63) is 71.2 Å². The van der Waals surface area contributed by atoms with E-state index in [1.165, 1.54) is 11.1 Å². The summed E-state index contributed by atoms with van der Waals surface area (Å²) in [5.41, 5.74) is 3.82. The predicted octanol–water partition coefficient (Wildman–Crippen LogP) is 1.99. The number of rotatable bonds is 6. The van der Waals surface area contributed by atoms with E-state index in [1.54, 1.807) is 49.6 Å². The number of carbonyl (C=O) groups excluding carboxylic acids is 1. The van der Waals surface area contributed by atoms with Crippen molar-refractivity contribution in [2.24, 2.45) is 0 Å². The van der Waals surface area contributed by atoms with Crippen LogP contribution in [0.3, 0.4) is 0 Å². The number of carbonyl (C=O) groups is 2. The Balaban J connectivity index is 2.08. The molecule has 1 amide bonds. The van der Waals surface area contributed by atoms with Crippen molar-refractivity contribution < 1.29 is 14.7 Å². The van der Waals surface area contributed by atoms with E-state index in [4.69, 9.17) is 0 Å². The number of benzene rings is 1. The highest BCUT2D eigenvalue weighted by Crippen LogP contribution is 2.26. The normalized spacial score (nSPS) is 18.7. The third-order valence-electron chi connectivity index (χ3n) is 4.81. The lowest BCUT2D eigenvalue weighted by Crippen LogP contribution is -2.64. The smallest absolute Gasteiger partial charge is 0.330 e. The SMILES string of the molecule is CCN1NC(Cc2ccccc2C#N)(C(=O)O)C=C(Nc2cnccc2C)C1=O. The topological polar surface area (TPSA) is 118 Å². The van der Waals surface area contributed by atoms with Crippen molar-refractivity contribution in [2.45, 2.75) is 25.8 Å². The van der Waals surface area contributed by atoms with Crippen LogP contribution < -0.4 is 10.7 Å². The van der Waals surface area contributed by atoms with Gasteiger partial charge in [-0.05, 0) is 43.2 Å². The van der Waals surface area contributed by atoms with Crippen LogP contribution in [0.2, 0.25) is 0 Å². The van der Waals surface area contributed by atoms with Crippen molar-refractivity contribution in [1.82, 2.24) is 15.4 Å². The first-order chi connectivity index (χ1) is 13.9. The van der Waals surface area contributed by atoms with E-state index >= 15 is 0 Å². The van der Waals surface area contributed by atoms with Crippen molar-refractivity contribution in [2.75, 3.05) is 11.9 Å². The Kier molecular flexibility index (Phi) is 5.61. The molecular weight excluding hydrogens is 370 g/mol. The molecule has 0 saturated carbocycles. The fourth-order valence-corrected chi connectivity index (χ4v) is 3.19. The zero-order chi connectivity index (χ0) is 21.0.